The Hall–Kier alpha value is -1.38. The molecule has 0 saturated carbocycles. The van der Waals surface area contributed by atoms with Crippen molar-refractivity contribution in [3.05, 3.63) is 27.5 Å². The van der Waals surface area contributed by atoms with Crippen molar-refractivity contribution in [2.75, 3.05) is 39.3 Å². The highest BCUT2D eigenvalue weighted by atomic mass is 79.9. The van der Waals surface area contributed by atoms with Crippen molar-refractivity contribution < 1.29 is 14.3 Å². The van der Waals surface area contributed by atoms with Crippen LogP contribution in [0.1, 0.15) is 37.6 Å². The lowest BCUT2D eigenvalue weighted by atomic mass is 10.2. The van der Waals surface area contributed by atoms with Gasteiger partial charge in [-0.1, -0.05) is 11.6 Å². The van der Waals surface area contributed by atoms with Gasteiger partial charge < -0.3 is 15.0 Å². The number of amides is 2. The monoisotopic (exact) mass is 460 g/mol. The van der Waals surface area contributed by atoms with Gasteiger partial charge in [-0.05, 0) is 55.7 Å². The average molecular weight is 462 g/mol. The van der Waals surface area contributed by atoms with Gasteiger partial charge in [0.15, 0.2) is 0 Å². The molecule has 2 amide bonds. The number of pyridine rings is 1. The SMILES string of the molecule is CC(C)(C)OC(=O)N1CCN(CCCNC(=O)c2cc(Br)cnc2Cl)CC1. The zero-order chi connectivity index (χ0) is 20.0. The summed E-state index contributed by atoms with van der Waals surface area (Å²) in [5.41, 5.74) is -0.115. The van der Waals surface area contributed by atoms with E-state index in [9.17, 15) is 9.59 Å². The second-order valence-corrected chi connectivity index (χ2v) is 8.68. The van der Waals surface area contributed by atoms with Crippen molar-refractivity contribution in [1.82, 2.24) is 20.1 Å². The van der Waals surface area contributed by atoms with Crippen LogP contribution in [0, 0.1) is 0 Å². The van der Waals surface area contributed by atoms with E-state index >= 15 is 0 Å². The molecule has 1 aliphatic rings. The van der Waals surface area contributed by atoms with Gasteiger partial charge >= 0.3 is 6.09 Å². The summed E-state index contributed by atoms with van der Waals surface area (Å²) in [5, 5.41) is 3.05. The van der Waals surface area contributed by atoms with Gasteiger partial charge in [0, 0.05) is 43.4 Å². The first-order chi connectivity index (χ1) is 12.7. The molecule has 0 spiro atoms. The Balaban J connectivity index is 1.67. The van der Waals surface area contributed by atoms with Crippen LogP contribution in [0.25, 0.3) is 0 Å². The molecule has 1 aromatic rings. The summed E-state index contributed by atoms with van der Waals surface area (Å²) in [6.45, 7) is 9.91. The molecule has 1 saturated heterocycles. The number of nitrogens with one attached hydrogen (secondary N) is 1. The molecule has 1 aromatic heterocycles. The molecular weight excluding hydrogens is 436 g/mol. The van der Waals surface area contributed by atoms with E-state index in [1.807, 2.05) is 20.8 Å². The van der Waals surface area contributed by atoms with Gasteiger partial charge in [-0.2, -0.15) is 0 Å². The highest BCUT2D eigenvalue weighted by Gasteiger charge is 2.25. The molecule has 150 valence electrons. The van der Waals surface area contributed by atoms with Gasteiger partial charge in [0.25, 0.3) is 5.91 Å². The normalized spacial score (nSPS) is 15.5. The van der Waals surface area contributed by atoms with E-state index in [0.717, 1.165) is 26.1 Å². The van der Waals surface area contributed by atoms with E-state index in [2.05, 4.69) is 31.1 Å². The fraction of sp³-hybridized carbons (Fsp3) is 0.611. The number of nitrogens with zero attached hydrogens (tertiary/aromatic N) is 3. The van der Waals surface area contributed by atoms with Gasteiger partial charge in [-0.3, -0.25) is 9.69 Å². The van der Waals surface area contributed by atoms with Crippen LogP contribution in [0.4, 0.5) is 4.79 Å². The van der Waals surface area contributed by atoms with E-state index < -0.39 is 5.60 Å². The van der Waals surface area contributed by atoms with E-state index in [1.165, 1.54) is 0 Å². The fourth-order valence-corrected chi connectivity index (χ4v) is 3.18. The van der Waals surface area contributed by atoms with Crippen LogP contribution in [0.2, 0.25) is 5.15 Å². The lowest BCUT2D eigenvalue weighted by Crippen LogP contribution is -2.50. The van der Waals surface area contributed by atoms with Crippen molar-refractivity contribution in [2.24, 2.45) is 0 Å². The summed E-state index contributed by atoms with van der Waals surface area (Å²) in [5.74, 6) is -0.233. The van der Waals surface area contributed by atoms with Crippen molar-refractivity contribution in [3.63, 3.8) is 0 Å². The fourth-order valence-electron chi connectivity index (χ4n) is 2.66. The Morgan fingerprint density at radius 3 is 2.59 bits per heavy atom. The molecular formula is C18H26BrClN4O3. The Kier molecular flexibility index (Phi) is 7.88. The topological polar surface area (TPSA) is 74.8 Å². The second kappa shape index (κ2) is 9.71. The van der Waals surface area contributed by atoms with Crippen LogP contribution >= 0.6 is 27.5 Å². The summed E-state index contributed by atoms with van der Waals surface area (Å²) >= 11 is 9.25. The molecule has 2 heterocycles. The van der Waals surface area contributed by atoms with Crippen LogP contribution in [0.3, 0.4) is 0 Å². The van der Waals surface area contributed by atoms with Crippen LogP contribution in [0.5, 0.6) is 0 Å². The molecule has 9 heteroatoms. The molecule has 0 unspecified atom stereocenters. The molecule has 0 atom stereocenters. The lowest BCUT2D eigenvalue weighted by Gasteiger charge is -2.35. The molecule has 0 aliphatic carbocycles. The van der Waals surface area contributed by atoms with Crippen molar-refractivity contribution in [3.8, 4) is 0 Å². The Labute approximate surface area is 173 Å². The Bertz CT molecular complexity index is 673. The van der Waals surface area contributed by atoms with E-state index in [4.69, 9.17) is 16.3 Å². The number of carbonyl (C=O) groups excluding carboxylic acids is 2. The molecule has 0 bridgehead atoms. The summed E-state index contributed by atoms with van der Waals surface area (Å²) < 4.78 is 6.11. The first-order valence-electron chi connectivity index (χ1n) is 8.95. The third-order valence-electron chi connectivity index (χ3n) is 4.01. The number of halogens is 2. The number of ether oxygens (including phenoxy) is 1. The van der Waals surface area contributed by atoms with Gasteiger partial charge in [0.05, 0.1) is 5.56 Å². The minimum atomic E-state index is -0.473. The van der Waals surface area contributed by atoms with Gasteiger partial charge in [0.1, 0.15) is 10.8 Å². The van der Waals surface area contributed by atoms with Crippen molar-refractivity contribution >= 4 is 39.5 Å². The summed E-state index contributed by atoms with van der Waals surface area (Å²) in [6, 6.07) is 1.65. The minimum Gasteiger partial charge on any atom is -0.444 e. The highest BCUT2D eigenvalue weighted by molar-refractivity contribution is 9.10. The number of hydrogen-bond donors (Lipinski definition) is 1. The van der Waals surface area contributed by atoms with Crippen molar-refractivity contribution in [2.45, 2.75) is 32.8 Å². The maximum absolute atomic E-state index is 12.2. The molecule has 7 nitrogen and oxygen atoms in total. The zero-order valence-corrected chi connectivity index (χ0v) is 18.3. The third kappa shape index (κ3) is 7.27. The first kappa shape index (κ1) is 21.9. The standard InChI is InChI=1S/C18H26BrClN4O3/c1-18(2,3)27-17(26)24-9-7-23(8-10-24)6-4-5-21-16(25)14-11-13(19)12-22-15(14)20/h11-12H,4-10H2,1-3H3,(H,21,25). The van der Waals surface area contributed by atoms with Crippen LogP contribution in [0.15, 0.2) is 16.7 Å². The highest BCUT2D eigenvalue weighted by Crippen LogP contribution is 2.18. The molecule has 1 N–H and O–H groups in total. The van der Waals surface area contributed by atoms with Gasteiger partial charge in [-0.25, -0.2) is 9.78 Å². The van der Waals surface area contributed by atoms with Crippen LogP contribution in [-0.4, -0.2) is 71.7 Å². The first-order valence-corrected chi connectivity index (χ1v) is 10.1. The molecule has 0 radical (unpaired) electrons. The molecule has 1 aliphatic heterocycles. The number of carbonyl (C=O) groups is 2. The second-order valence-electron chi connectivity index (χ2n) is 7.41. The predicted molar refractivity (Wildman–Crippen MR) is 108 cm³/mol. The van der Waals surface area contributed by atoms with E-state index in [0.29, 0.717) is 29.7 Å². The van der Waals surface area contributed by atoms with Crippen LogP contribution < -0.4 is 5.32 Å². The average Bonchev–Trinajstić information content (AvgIpc) is 2.59. The molecule has 2 rings (SSSR count). The molecule has 0 aromatic carbocycles. The zero-order valence-electron chi connectivity index (χ0n) is 15.9. The summed E-state index contributed by atoms with van der Waals surface area (Å²) in [4.78, 5) is 32.2. The maximum Gasteiger partial charge on any atom is 0.410 e. The predicted octanol–water partition coefficient (Wildman–Crippen LogP) is 3.17. The molecule has 1 fully saturated rings. The number of aromatic nitrogens is 1. The summed E-state index contributed by atoms with van der Waals surface area (Å²) in [7, 11) is 0. The number of rotatable bonds is 5. The smallest absolute Gasteiger partial charge is 0.410 e. The van der Waals surface area contributed by atoms with Crippen molar-refractivity contribution in [1.29, 1.82) is 0 Å². The quantitative estimate of drug-likeness (QED) is 0.538. The third-order valence-corrected chi connectivity index (χ3v) is 4.75. The van der Waals surface area contributed by atoms with Crippen LogP contribution in [-0.2, 0) is 4.74 Å². The largest absolute Gasteiger partial charge is 0.444 e. The molecule has 27 heavy (non-hydrogen) atoms. The van der Waals surface area contributed by atoms with E-state index in [1.54, 1.807) is 17.2 Å². The van der Waals surface area contributed by atoms with Gasteiger partial charge in [-0.15, -0.1) is 0 Å². The minimum absolute atomic E-state index is 0.189. The maximum atomic E-state index is 12.2. The lowest BCUT2D eigenvalue weighted by molar-refractivity contribution is 0.0144. The van der Waals surface area contributed by atoms with Gasteiger partial charge in [0.2, 0.25) is 0 Å². The summed E-state index contributed by atoms with van der Waals surface area (Å²) in [6.07, 6.45) is 2.11. The Morgan fingerprint density at radius 1 is 1.30 bits per heavy atom. The number of piperazine rings is 1. The Morgan fingerprint density at radius 2 is 1.96 bits per heavy atom. The van der Waals surface area contributed by atoms with E-state index in [-0.39, 0.29) is 17.2 Å². The number of hydrogen-bond acceptors (Lipinski definition) is 5.